The SMILES string of the molecule is O=C(O)C(=O)c1ccc(OCCOc2ccc3cccnc3c2)cc1. The number of benzene rings is 2. The third-order valence-electron chi connectivity index (χ3n) is 3.51. The maximum absolute atomic E-state index is 11.3. The maximum atomic E-state index is 11.3. The van der Waals surface area contributed by atoms with Gasteiger partial charge in [-0.05, 0) is 42.5 Å². The summed E-state index contributed by atoms with van der Waals surface area (Å²) in [6.45, 7) is 0.653. The fourth-order valence-electron chi connectivity index (χ4n) is 2.28. The lowest BCUT2D eigenvalue weighted by molar-refractivity contribution is -0.131. The molecule has 0 aliphatic carbocycles. The Labute approximate surface area is 143 Å². The minimum absolute atomic E-state index is 0.111. The molecule has 1 N–H and O–H groups in total. The number of fused-ring (bicyclic) bond motifs is 1. The molecule has 2 aromatic carbocycles. The molecule has 0 atom stereocenters. The van der Waals surface area contributed by atoms with Crippen molar-refractivity contribution in [2.75, 3.05) is 13.2 Å². The average Bonchev–Trinajstić information content (AvgIpc) is 2.65. The zero-order valence-electron chi connectivity index (χ0n) is 13.2. The molecule has 3 rings (SSSR count). The molecule has 0 fully saturated rings. The van der Waals surface area contributed by atoms with E-state index in [1.807, 2.05) is 30.3 Å². The number of rotatable bonds is 7. The minimum Gasteiger partial charge on any atom is -0.490 e. The van der Waals surface area contributed by atoms with Crippen LogP contribution in [0.3, 0.4) is 0 Å². The van der Waals surface area contributed by atoms with Gasteiger partial charge in [-0.2, -0.15) is 0 Å². The van der Waals surface area contributed by atoms with Crippen molar-refractivity contribution in [1.82, 2.24) is 4.98 Å². The van der Waals surface area contributed by atoms with Crippen molar-refractivity contribution in [3.8, 4) is 11.5 Å². The highest BCUT2D eigenvalue weighted by molar-refractivity contribution is 6.39. The predicted molar refractivity (Wildman–Crippen MR) is 91.1 cm³/mol. The molecule has 0 aliphatic heterocycles. The Morgan fingerprint density at radius 3 is 2.32 bits per heavy atom. The number of Topliss-reactive ketones (excluding diaryl/α,β-unsaturated/α-hetero) is 1. The molecule has 1 aromatic heterocycles. The molecule has 0 radical (unpaired) electrons. The van der Waals surface area contributed by atoms with Crippen LogP contribution in [0.2, 0.25) is 0 Å². The highest BCUT2D eigenvalue weighted by Gasteiger charge is 2.13. The lowest BCUT2D eigenvalue weighted by Crippen LogP contribution is -2.12. The van der Waals surface area contributed by atoms with Crippen LogP contribution in [0.5, 0.6) is 11.5 Å². The second-order valence-electron chi connectivity index (χ2n) is 5.21. The Balaban J connectivity index is 1.50. The van der Waals surface area contributed by atoms with Crippen LogP contribution < -0.4 is 9.47 Å². The Morgan fingerprint density at radius 2 is 1.60 bits per heavy atom. The summed E-state index contributed by atoms with van der Waals surface area (Å²) in [7, 11) is 0. The van der Waals surface area contributed by atoms with Gasteiger partial charge in [0.05, 0.1) is 5.52 Å². The van der Waals surface area contributed by atoms with E-state index in [1.54, 1.807) is 18.3 Å². The number of ketones is 1. The molecule has 126 valence electrons. The zero-order valence-corrected chi connectivity index (χ0v) is 13.2. The normalized spacial score (nSPS) is 10.4. The first kappa shape index (κ1) is 16.4. The van der Waals surface area contributed by atoms with Gasteiger partial charge in [0, 0.05) is 23.2 Å². The number of pyridine rings is 1. The number of aromatic nitrogens is 1. The second kappa shape index (κ2) is 7.44. The molecular weight excluding hydrogens is 322 g/mol. The fraction of sp³-hybridized carbons (Fsp3) is 0.105. The third-order valence-corrected chi connectivity index (χ3v) is 3.51. The van der Waals surface area contributed by atoms with Gasteiger partial charge in [0.1, 0.15) is 24.7 Å². The van der Waals surface area contributed by atoms with Crippen LogP contribution in [0.4, 0.5) is 0 Å². The van der Waals surface area contributed by atoms with Crippen LogP contribution in [0, 0.1) is 0 Å². The van der Waals surface area contributed by atoms with Gasteiger partial charge in [-0.3, -0.25) is 9.78 Å². The van der Waals surface area contributed by atoms with Crippen LogP contribution in [0.25, 0.3) is 10.9 Å². The van der Waals surface area contributed by atoms with E-state index < -0.39 is 11.8 Å². The number of ether oxygens (including phenoxy) is 2. The molecule has 0 unspecified atom stereocenters. The van der Waals surface area contributed by atoms with Gasteiger partial charge in [0.25, 0.3) is 5.78 Å². The molecule has 0 amide bonds. The monoisotopic (exact) mass is 337 g/mol. The van der Waals surface area contributed by atoms with Gasteiger partial charge < -0.3 is 14.6 Å². The molecule has 6 heteroatoms. The standard InChI is InChI=1S/C19H15NO5/c21-18(19(22)23)14-4-6-15(7-5-14)24-10-11-25-16-8-3-13-2-1-9-20-17(13)12-16/h1-9,12H,10-11H2,(H,22,23). The Hall–Kier alpha value is -3.41. The second-order valence-corrected chi connectivity index (χ2v) is 5.21. The van der Waals surface area contributed by atoms with E-state index in [2.05, 4.69) is 4.98 Å². The molecule has 0 aliphatic rings. The van der Waals surface area contributed by atoms with Crippen molar-refractivity contribution in [2.24, 2.45) is 0 Å². The van der Waals surface area contributed by atoms with Gasteiger partial charge >= 0.3 is 5.97 Å². The van der Waals surface area contributed by atoms with Crippen LogP contribution in [-0.2, 0) is 4.79 Å². The van der Waals surface area contributed by atoms with E-state index in [1.165, 1.54) is 12.1 Å². The van der Waals surface area contributed by atoms with Crippen molar-refractivity contribution in [2.45, 2.75) is 0 Å². The van der Waals surface area contributed by atoms with Crippen LogP contribution >= 0.6 is 0 Å². The number of carboxylic acid groups (broad SMARTS) is 1. The fourth-order valence-corrected chi connectivity index (χ4v) is 2.28. The number of hydrogen-bond donors (Lipinski definition) is 1. The first-order valence-corrected chi connectivity index (χ1v) is 7.61. The summed E-state index contributed by atoms with van der Waals surface area (Å²) in [4.78, 5) is 26.2. The first-order chi connectivity index (χ1) is 12.1. The topological polar surface area (TPSA) is 85.7 Å². The molecule has 0 bridgehead atoms. The number of hydrogen-bond acceptors (Lipinski definition) is 5. The molecule has 25 heavy (non-hydrogen) atoms. The summed E-state index contributed by atoms with van der Waals surface area (Å²) in [6.07, 6.45) is 1.73. The summed E-state index contributed by atoms with van der Waals surface area (Å²) in [5.74, 6) is -1.19. The smallest absolute Gasteiger partial charge is 0.377 e. The largest absolute Gasteiger partial charge is 0.490 e. The van der Waals surface area contributed by atoms with E-state index in [4.69, 9.17) is 14.6 Å². The number of carbonyl (C=O) groups is 2. The third kappa shape index (κ3) is 4.11. The quantitative estimate of drug-likeness (QED) is 0.405. The van der Waals surface area contributed by atoms with Crippen molar-refractivity contribution in [1.29, 1.82) is 0 Å². The summed E-state index contributed by atoms with van der Waals surface area (Å²) in [5, 5.41) is 9.69. The minimum atomic E-state index is -1.48. The van der Waals surface area contributed by atoms with Gasteiger partial charge in [-0.25, -0.2) is 4.79 Å². The molecule has 0 saturated carbocycles. The number of carbonyl (C=O) groups excluding carboxylic acids is 1. The van der Waals surface area contributed by atoms with Crippen LogP contribution in [0.1, 0.15) is 10.4 Å². The van der Waals surface area contributed by atoms with Crippen molar-refractivity contribution >= 4 is 22.7 Å². The number of nitrogens with zero attached hydrogens (tertiary/aromatic N) is 1. The van der Waals surface area contributed by atoms with Gasteiger partial charge in [-0.15, -0.1) is 0 Å². The summed E-state index contributed by atoms with van der Waals surface area (Å²) < 4.78 is 11.1. The summed E-state index contributed by atoms with van der Waals surface area (Å²) >= 11 is 0. The maximum Gasteiger partial charge on any atom is 0.377 e. The summed E-state index contributed by atoms with van der Waals surface area (Å²) in [5.41, 5.74) is 0.972. The molecule has 1 heterocycles. The van der Waals surface area contributed by atoms with Gasteiger partial charge in [0.2, 0.25) is 0 Å². The van der Waals surface area contributed by atoms with Crippen LogP contribution in [0.15, 0.2) is 60.8 Å². The Kier molecular flexibility index (Phi) is 4.89. The van der Waals surface area contributed by atoms with E-state index in [9.17, 15) is 9.59 Å². The Bertz CT molecular complexity index is 905. The van der Waals surface area contributed by atoms with Gasteiger partial charge in [-0.1, -0.05) is 6.07 Å². The molecule has 6 nitrogen and oxygen atoms in total. The number of carboxylic acids is 1. The van der Waals surface area contributed by atoms with E-state index in [-0.39, 0.29) is 5.56 Å². The van der Waals surface area contributed by atoms with Crippen molar-refractivity contribution in [3.63, 3.8) is 0 Å². The van der Waals surface area contributed by atoms with E-state index >= 15 is 0 Å². The van der Waals surface area contributed by atoms with E-state index in [0.29, 0.717) is 24.7 Å². The number of aliphatic carboxylic acids is 1. The lowest BCUT2D eigenvalue weighted by atomic mass is 10.1. The average molecular weight is 337 g/mol. The predicted octanol–water partition coefficient (Wildman–Crippen LogP) is 2.96. The lowest BCUT2D eigenvalue weighted by Gasteiger charge is -2.09. The van der Waals surface area contributed by atoms with E-state index in [0.717, 1.165) is 10.9 Å². The first-order valence-electron chi connectivity index (χ1n) is 7.61. The molecule has 0 saturated heterocycles. The van der Waals surface area contributed by atoms with Gasteiger partial charge in [0.15, 0.2) is 0 Å². The molecule has 0 spiro atoms. The zero-order chi connectivity index (χ0) is 17.6. The van der Waals surface area contributed by atoms with Crippen LogP contribution in [-0.4, -0.2) is 35.1 Å². The van der Waals surface area contributed by atoms with Crippen molar-refractivity contribution in [3.05, 3.63) is 66.4 Å². The Morgan fingerprint density at radius 1 is 0.920 bits per heavy atom. The highest BCUT2D eigenvalue weighted by Crippen LogP contribution is 2.19. The molecular formula is C19H15NO5. The summed E-state index contributed by atoms with van der Waals surface area (Å²) in [6, 6.07) is 15.5. The molecule has 3 aromatic rings. The highest BCUT2D eigenvalue weighted by atomic mass is 16.5. The van der Waals surface area contributed by atoms with Crippen molar-refractivity contribution < 1.29 is 24.2 Å².